The van der Waals surface area contributed by atoms with Crippen molar-refractivity contribution in [2.75, 3.05) is 12.0 Å². The molecule has 4 amide bonds. The van der Waals surface area contributed by atoms with Crippen molar-refractivity contribution in [3.05, 3.63) is 0 Å². The van der Waals surface area contributed by atoms with E-state index in [9.17, 15) is 28.8 Å². The van der Waals surface area contributed by atoms with Gasteiger partial charge in [-0.1, -0.05) is 13.8 Å². The molecule has 0 aromatic rings. The molecule has 0 fully saturated rings. The van der Waals surface area contributed by atoms with Crippen molar-refractivity contribution in [2.45, 2.75) is 63.7 Å². The third-order valence-electron chi connectivity index (χ3n) is 4.33. The molecule has 14 heteroatoms. The maximum absolute atomic E-state index is 12.9. The molecule has 0 rings (SSSR count). The summed E-state index contributed by atoms with van der Waals surface area (Å²) >= 11 is 1.41. The molecule has 0 aromatic carbocycles. The van der Waals surface area contributed by atoms with E-state index in [1.807, 2.05) is 0 Å². The Balaban J connectivity index is 5.49. The molecule has 0 radical (unpaired) electrons. The van der Waals surface area contributed by atoms with E-state index in [1.54, 1.807) is 20.1 Å². The molecule has 4 unspecified atom stereocenters. The fraction of sp³-hybridized carbons (Fsp3) is 0.684. The first-order valence-corrected chi connectivity index (χ1v) is 11.6. The fourth-order valence-corrected chi connectivity index (χ4v) is 3.19. The number of hydrogen-bond acceptors (Lipinski definition) is 8. The number of carboxylic acids is 2. The zero-order chi connectivity index (χ0) is 25.7. The number of thioether (sulfide) groups is 1. The number of carboxylic acid groups (broad SMARTS) is 2. The minimum absolute atomic E-state index is 0.0907. The Labute approximate surface area is 195 Å². The quantitative estimate of drug-likeness (QED) is 0.125. The molecule has 188 valence electrons. The van der Waals surface area contributed by atoms with Gasteiger partial charge in [0.05, 0.1) is 18.9 Å². The van der Waals surface area contributed by atoms with Crippen LogP contribution in [0.5, 0.6) is 0 Å². The Bertz CT molecular complexity index is 733. The van der Waals surface area contributed by atoms with Gasteiger partial charge in [0.1, 0.15) is 18.1 Å². The Morgan fingerprint density at radius 3 is 1.82 bits per heavy atom. The summed E-state index contributed by atoms with van der Waals surface area (Å²) in [6.45, 7) is 3.54. The number of hydrogen-bond donors (Lipinski definition) is 7. The van der Waals surface area contributed by atoms with E-state index in [0.29, 0.717) is 5.75 Å². The number of nitrogens with one attached hydrogen (secondary N) is 3. The molecule has 0 aromatic heterocycles. The normalized spacial score (nSPS) is 14.5. The zero-order valence-corrected chi connectivity index (χ0v) is 19.6. The van der Waals surface area contributed by atoms with Gasteiger partial charge in [0.15, 0.2) is 0 Å². The molecule has 0 heterocycles. The lowest BCUT2D eigenvalue weighted by Gasteiger charge is -2.25. The highest BCUT2D eigenvalue weighted by Crippen LogP contribution is 2.08. The highest BCUT2D eigenvalue weighted by molar-refractivity contribution is 7.98. The van der Waals surface area contributed by atoms with Crippen LogP contribution in [0.2, 0.25) is 0 Å². The molecule has 0 aliphatic heterocycles. The minimum Gasteiger partial charge on any atom is -0.481 e. The molecule has 0 saturated carbocycles. The standard InChI is InChI=1S/C19H33N5O8S/c1-9(2)6-12(18(30)24-13(19(31)32)8-15(26)27)23-17(29)11(4-5-33-3)22-16(28)10(20)7-14(21)25/h9-13H,4-8,20H2,1-3H3,(H2,21,25)(H,22,28)(H,23,29)(H,24,30)(H,26,27)(H,31,32). The molecule has 13 nitrogen and oxygen atoms in total. The highest BCUT2D eigenvalue weighted by Gasteiger charge is 2.31. The van der Waals surface area contributed by atoms with Crippen molar-refractivity contribution in [1.29, 1.82) is 0 Å². The number of carbonyl (C=O) groups excluding carboxylic acids is 4. The second kappa shape index (κ2) is 15.1. The molecule has 0 aliphatic carbocycles. The average molecular weight is 492 g/mol. The first kappa shape index (κ1) is 30.1. The van der Waals surface area contributed by atoms with Crippen LogP contribution >= 0.6 is 11.8 Å². The van der Waals surface area contributed by atoms with E-state index in [4.69, 9.17) is 21.7 Å². The predicted molar refractivity (Wildman–Crippen MR) is 120 cm³/mol. The third kappa shape index (κ3) is 12.7. The Hall–Kier alpha value is -2.87. The van der Waals surface area contributed by atoms with Gasteiger partial charge in [0, 0.05) is 0 Å². The lowest BCUT2D eigenvalue weighted by Crippen LogP contribution is -2.57. The first-order chi connectivity index (χ1) is 15.3. The van der Waals surface area contributed by atoms with Gasteiger partial charge in [-0.25, -0.2) is 4.79 Å². The molecule has 0 spiro atoms. The van der Waals surface area contributed by atoms with Crippen LogP contribution in [-0.2, 0) is 28.8 Å². The smallest absolute Gasteiger partial charge is 0.326 e. The maximum Gasteiger partial charge on any atom is 0.326 e. The highest BCUT2D eigenvalue weighted by atomic mass is 32.2. The van der Waals surface area contributed by atoms with Crippen molar-refractivity contribution in [1.82, 2.24) is 16.0 Å². The molecule has 0 aliphatic rings. The number of amides is 4. The Morgan fingerprint density at radius 2 is 1.36 bits per heavy atom. The van der Waals surface area contributed by atoms with Crippen LogP contribution in [0.1, 0.15) is 39.5 Å². The summed E-state index contributed by atoms with van der Waals surface area (Å²) in [7, 11) is 0. The SMILES string of the molecule is CSCCC(NC(=O)C(N)CC(N)=O)C(=O)NC(CC(C)C)C(=O)NC(CC(=O)O)C(=O)O. The zero-order valence-electron chi connectivity index (χ0n) is 18.8. The number of primary amides is 1. The van der Waals surface area contributed by atoms with Gasteiger partial charge in [-0.3, -0.25) is 24.0 Å². The van der Waals surface area contributed by atoms with Crippen LogP contribution in [0.15, 0.2) is 0 Å². The summed E-state index contributed by atoms with van der Waals surface area (Å²) in [5.74, 6) is -5.71. The molecule has 0 bridgehead atoms. The van der Waals surface area contributed by atoms with Crippen molar-refractivity contribution in [3.63, 3.8) is 0 Å². The van der Waals surface area contributed by atoms with Crippen LogP contribution in [0.3, 0.4) is 0 Å². The number of rotatable bonds is 16. The van der Waals surface area contributed by atoms with E-state index >= 15 is 0 Å². The summed E-state index contributed by atoms with van der Waals surface area (Å²) < 4.78 is 0. The predicted octanol–water partition coefficient (Wildman–Crippen LogP) is -2.00. The monoisotopic (exact) mass is 491 g/mol. The van der Waals surface area contributed by atoms with Gasteiger partial charge in [-0.05, 0) is 30.8 Å². The number of aliphatic carboxylic acids is 2. The largest absolute Gasteiger partial charge is 0.481 e. The summed E-state index contributed by atoms with van der Waals surface area (Å²) in [5, 5.41) is 25.1. The summed E-state index contributed by atoms with van der Waals surface area (Å²) in [6.07, 6.45) is 0.851. The number of carbonyl (C=O) groups is 6. The van der Waals surface area contributed by atoms with Crippen molar-refractivity contribution < 1.29 is 39.0 Å². The lowest BCUT2D eigenvalue weighted by atomic mass is 10.0. The lowest BCUT2D eigenvalue weighted by molar-refractivity contribution is -0.147. The van der Waals surface area contributed by atoms with Crippen LogP contribution in [0, 0.1) is 5.92 Å². The van der Waals surface area contributed by atoms with E-state index in [-0.39, 0.29) is 18.8 Å². The minimum atomic E-state index is -1.68. The Morgan fingerprint density at radius 1 is 0.848 bits per heavy atom. The van der Waals surface area contributed by atoms with Crippen molar-refractivity contribution in [3.8, 4) is 0 Å². The average Bonchev–Trinajstić information content (AvgIpc) is 2.68. The molecule has 33 heavy (non-hydrogen) atoms. The van der Waals surface area contributed by atoms with Crippen molar-refractivity contribution in [2.24, 2.45) is 17.4 Å². The first-order valence-electron chi connectivity index (χ1n) is 10.2. The molecule has 0 saturated heterocycles. The van der Waals surface area contributed by atoms with Crippen LogP contribution in [-0.4, -0.2) is 82.0 Å². The summed E-state index contributed by atoms with van der Waals surface area (Å²) in [4.78, 5) is 70.9. The molecular weight excluding hydrogens is 458 g/mol. The molecule has 4 atom stereocenters. The van der Waals surface area contributed by atoms with Gasteiger partial charge >= 0.3 is 11.9 Å². The van der Waals surface area contributed by atoms with Gasteiger partial charge in [0.25, 0.3) is 0 Å². The van der Waals surface area contributed by atoms with Gasteiger partial charge in [0.2, 0.25) is 23.6 Å². The summed E-state index contributed by atoms with van der Waals surface area (Å²) in [5.41, 5.74) is 10.7. The van der Waals surface area contributed by atoms with Crippen molar-refractivity contribution >= 4 is 47.3 Å². The second-order valence-corrected chi connectivity index (χ2v) is 8.79. The van der Waals surface area contributed by atoms with Crippen LogP contribution in [0.25, 0.3) is 0 Å². The van der Waals surface area contributed by atoms with Gasteiger partial charge in [-0.2, -0.15) is 11.8 Å². The van der Waals surface area contributed by atoms with E-state index < -0.39 is 72.6 Å². The van der Waals surface area contributed by atoms with E-state index in [0.717, 1.165) is 0 Å². The maximum atomic E-state index is 12.9. The topological polar surface area (TPSA) is 231 Å². The third-order valence-corrected chi connectivity index (χ3v) is 4.98. The molecule has 9 N–H and O–H groups in total. The van der Waals surface area contributed by atoms with Gasteiger partial charge in [-0.15, -0.1) is 0 Å². The van der Waals surface area contributed by atoms with Gasteiger partial charge < -0.3 is 37.6 Å². The van der Waals surface area contributed by atoms with E-state index in [2.05, 4.69) is 16.0 Å². The Kier molecular flexibility index (Phi) is 13.7. The van der Waals surface area contributed by atoms with Crippen LogP contribution in [0.4, 0.5) is 0 Å². The fourth-order valence-electron chi connectivity index (χ4n) is 2.71. The number of nitrogens with two attached hydrogens (primary N) is 2. The van der Waals surface area contributed by atoms with Crippen LogP contribution < -0.4 is 27.4 Å². The van der Waals surface area contributed by atoms with E-state index in [1.165, 1.54) is 11.8 Å². The summed E-state index contributed by atoms with van der Waals surface area (Å²) in [6, 6.07) is -5.20. The second-order valence-electron chi connectivity index (χ2n) is 7.81. The molecular formula is C19H33N5O8S.